The molecule has 1 heterocycles. The van der Waals surface area contributed by atoms with Crippen LogP contribution in [0.1, 0.15) is 72.6 Å². The van der Waals surface area contributed by atoms with E-state index in [1.54, 1.807) is 0 Å². The van der Waals surface area contributed by atoms with Crippen LogP contribution >= 0.6 is 0 Å². The standard InChI is InChI=1S/C19H36N2O2/c1-15(17-8-6-5-7-9-17)20-14-16-10-12-21(13-11-16)18(22)23-19(2,3)4/h15-17,20H,5-14H2,1-4H3. The fourth-order valence-corrected chi connectivity index (χ4v) is 3.80. The fourth-order valence-electron chi connectivity index (χ4n) is 3.80. The molecule has 0 aromatic carbocycles. The van der Waals surface area contributed by atoms with Gasteiger partial charge in [-0.05, 0) is 71.8 Å². The van der Waals surface area contributed by atoms with Gasteiger partial charge in [-0.15, -0.1) is 0 Å². The zero-order chi connectivity index (χ0) is 16.9. The molecule has 134 valence electrons. The lowest BCUT2D eigenvalue weighted by Crippen LogP contribution is -2.44. The van der Waals surface area contributed by atoms with Gasteiger partial charge >= 0.3 is 6.09 Å². The molecule has 1 saturated heterocycles. The minimum absolute atomic E-state index is 0.153. The summed E-state index contributed by atoms with van der Waals surface area (Å²) >= 11 is 0. The zero-order valence-corrected chi connectivity index (χ0v) is 15.6. The van der Waals surface area contributed by atoms with Crippen LogP contribution in [0.4, 0.5) is 4.79 Å². The number of nitrogens with zero attached hydrogens (tertiary/aromatic N) is 1. The first-order chi connectivity index (χ1) is 10.8. The Morgan fingerprint density at radius 3 is 2.30 bits per heavy atom. The minimum atomic E-state index is -0.398. The maximum atomic E-state index is 12.1. The summed E-state index contributed by atoms with van der Waals surface area (Å²) in [5.41, 5.74) is -0.398. The third-order valence-electron chi connectivity index (χ3n) is 5.35. The summed E-state index contributed by atoms with van der Waals surface area (Å²) in [6.45, 7) is 10.9. The van der Waals surface area contributed by atoms with Crippen LogP contribution in [0.2, 0.25) is 0 Å². The van der Waals surface area contributed by atoms with Gasteiger partial charge in [0.05, 0.1) is 0 Å². The third-order valence-corrected chi connectivity index (χ3v) is 5.35. The second-order valence-electron chi connectivity index (χ2n) is 8.51. The molecular weight excluding hydrogens is 288 g/mol. The number of carbonyl (C=O) groups excluding carboxylic acids is 1. The van der Waals surface area contributed by atoms with Crippen molar-refractivity contribution in [1.29, 1.82) is 0 Å². The maximum absolute atomic E-state index is 12.1. The highest BCUT2D eigenvalue weighted by Crippen LogP contribution is 2.27. The summed E-state index contributed by atoms with van der Waals surface area (Å²) in [5.74, 6) is 1.56. The first-order valence-corrected chi connectivity index (χ1v) is 9.56. The average Bonchev–Trinajstić information content (AvgIpc) is 2.52. The van der Waals surface area contributed by atoms with Gasteiger partial charge in [0.25, 0.3) is 0 Å². The minimum Gasteiger partial charge on any atom is -0.444 e. The summed E-state index contributed by atoms with van der Waals surface area (Å²) in [5, 5.41) is 3.77. The van der Waals surface area contributed by atoms with Crippen molar-refractivity contribution in [3.63, 3.8) is 0 Å². The Bertz CT molecular complexity index is 364. The molecule has 1 unspecified atom stereocenters. The highest BCUT2D eigenvalue weighted by atomic mass is 16.6. The van der Waals surface area contributed by atoms with Crippen LogP contribution in [0.25, 0.3) is 0 Å². The molecular formula is C19H36N2O2. The van der Waals surface area contributed by atoms with E-state index < -0.39 is 5.60 Å². The number of rotatable bonds is 4. The summed E-state index contributed by atoms with van der Waals surface area (Å²) in [4.78, 5) is 13.9. The molecule has 23 heavy (non-hydrogen) atoms. The molecule has 0 aromatic heterocycles. The molecule has 4 nitrogen and oxygen atoms in total. The third kappa shape index (κ3) is 6.33. The van der Waals surface area contributed by atoms with E-state index >= 15 is 0 Å². The molecule has 4 heteroatoms. The van der Waals surface area contributed by atoms with Gasteiger partial charge < -0.3 is 15.0 Å². The second-order valence-corrected chi connectivity index (χ2v) is 8.51. The monoisotopic (exact) mass is 324 g/mol. The Morgan fingerprint density at radius 2 is 1.74 bits per heavy atom. The second kappa shape index (κ2) is 8.36. The van der Waals surface area contributed by atoms with E-state index in [1.807, 2.05) is 25.7 Å². The summed E-state index contributed by atoms with van der Waals surface area (Å²) in [6, 6.07) is 0.638. The van der Waals surface area contributed by atoms with Crippen molar-refractivity contribution in [2.24, 2.45) is 11.8 Å². The fraction of sp³-hybridized carbons (Fsp3) is 0.947. The first-order valence-electron chi connectivity index (χ1n) is 9.56. The summed E-state index contributed by atoms with van der Waals surface area (Å²) in [7, 11) is 0. The Kier molecular flexibility index (Phi) is 6.75. The van der Waals surface area contributed by atoms with Crippen LogP contribution in [0, 0.1) is 11.8 Å². The van der Waals surface area contributed by atoms with Crippen LogP contribution in [-0.2, 0) is 4.74 Å². The van der Waals surface area contributed by atoms with Gasteiger partial charge in [0.15, 0.2) is 0 Å². The summed E-state index contributed by atoms with van der Waals surface area (Å²) in [6.07, 6.45) is 9.05. The van der Waals surface area contributed by atoms with Crippen LogP contribution in [0.5, 0.6) is 0 Å². The Morgan fingerprint density at radius 1 is 1.13 bits per heavy atom. The first kappa shape index (κ1) is 18.6. The normalized spacial score (nSPS) is 22.9. The van der Waals surface area contributed by atoms with Crippen LogP contribution < -0.4 is 5.32 Å². The highest BCUT2D eigenvalue weighted by molar-refractivity contribution is 5.68. The molecule has 1 atom stereocenters. The highest BCUT2D eigenvalue weighted by Gasteiger charge is 2.27. The topological polar surface area (TPSA) is 41.6 Å². The lowest BCUT2D eigenvalue weighted by Gasteiger charge is -2.35. The largest absolute Gasteiger partial charge is 0.444 e. The molecule has 2 aliphatic rings. The number of nitrogens with one attached hydrogen (secondary N) is 1. The Balaban J connectivity index is 1.65. The smallest absolute Gasteiger partial charge is 0.410 e. The van der Waals surface area contributed by atoms with E-state index in [-0.39, 0.29) is 6.09 Å². The predicted molar refractivity (Wildman–Crippen MR) is 94.6 cm³/mol. The van der Waals surface area contributed by atoms with Crippen molar-refractivity contribution >= 4 is 6.09 Å². The molecule has 0 radical (unpaired) electrons. The maximum Gasteiger partial charge on any atom is 0.410 e. The van der Waals surface area contributed by atoms with E-state index in [4.69, 9.17) is 4.74 Å². The quantitative estimate of drug-likeness (QED) is 0.843. The van der Waals surface area contributed by atoms with E-state index in [0.717, 1.165) is 38.4 Å². The lowest BCUT2D eigenvalue weighted by molar-refractivity contribution is 0.0182. The van der Waals surface area contributed by atoms with Crippen molar-refractivity contribution < 1.29 is 9.53 Å². The number of amides is 1. The molecule has 2 fully saturated rings. The van der Waals surface area contributed by atoms with Crippen LogP contribution in [0.3, 0.4) is 0 Å². The molecule has 1 N–H and O–H groups in total. The van der Waals surface area contributed by atoms with Gasteiger partial charge in [0, 0.05) is 19.1 Å². The van der Waals surface area contributed by atoms with E-state index in [2.05, 4.69) is 12.2 Å². The van der Waals surface area contributed by atoms with Gasteiger partial charge in [-0.3, -0.25) is 0 Å². The number of hydrogen-bond donors (Lipinski definition) is 1. The number of ether oxygens (including phenoxy) is 1. The molecule has 1 aliphatic heterocycles. The molecule has 2 rings (SSSR count). The number of carbonyl (C=O) groups is 1. The van der Waals surface area contributed by atoms with Gasteiger partial charge in [-0.2, -0.15) is 0 Å². The van der Waals surface area contributed by atoms with Crippen molar-refractivity contribution in [1.82, 2.24) is 10.2 Å². The molecule has 1 saturated carbocycles. The van der Waals surface area contributed by atoms with Crippen molar-refractivity contribution in [3.8, 4) is 0 Å². The van der Waals surface area contributed by atoms with Crippen molar-refractivity contribution in [2.75, 3.05) is 19.6 Å². The van der Waals surface area contributed by atoms with E-state index in [9.17, 15) is 4.79 Å². The lowest BCUT2D eigenvalue weighted by atomic mass is 9.84. The molecule has 0 aromatic rings. The predicted octanol–water partition coefficient (Wildman–Crippen LogP) is 4.19. The van der Waals surface area contributed by atoms with Gasteiger partial charge in [0.2, 0.25) is 0 Å². The van der Waals surface area contributed by atoms with Crippen LogP contribution in [0.15, 0.2) is 0 Å². The Labute approximate surface area is 142 Å². The van der Waals surface area contributed by atoms with Gasteiger partial charge in [-0.1, -0.05) is 19.3 Å². The Hall–Kier alpha value is -0.770. The average molecular weight is 325 g/mol. The molecule has 0 spiro atoms. The SMILES string of the molecule is CC(NCC1CCN(C(=O)OC(C)(C)C)CC1)C1CCCCC1. The van der Waals surface area contributed by atoms with Crippen molar-refractivity contribution in [2.45, 2.75) is 84.3 Å². The molecule has 1 aliphatic carbocycles. The number of likely N-dealkylation sites (tertiary alicyclic amines) is 1. The zero-order valence-electron chi connectivity index (χ0n) is 15.6. The van der Waals surface area contributed by atoms with Crippen molar-refractivity contribution in [3.05, 3.63) is 0 Å². The van der Waals surface area contributed by atoms with Crippen LogP contribution in [-0.4, -0.2) is 42.3 Å². The summed E-state index contributed by atoms with van der Waals surface area (Å²) < 4.78 is 5.46. The number of piperidine rings is 1. The number of hydrogen-bond acceptors (Lipinski definition) is 3. The van der Waals surface area contributed by atoms with E-state index in [0.29, 0.717) is 12.0 Å². The molecule has 0 bridgehead atoms. The van der Waals surface area contributed by atoms with E-state index in [1.165, 1.54) is 32.1 Å². The molecule has 1 amide bonds. The van der Waals surface area contributed by atoms with Gasteiger partial charge in [0.1, 0.15) is 5.60 Å². The van der Waals surface area contributed by atoms with Gasteiger partial charge in [-0.25, -0.2) is 4.79 Å².